The molecule has 0 saturated carbocycles. The summed E-state index contributed by atoms with van der Waals surface area (Å²) in [6.45, 7) is 9.29. The van der Waals surface area contributed by atoms with Crippen LogP contribution in [0.4, 0.5) is 10.2 Å². The number of halogens is 1. The van der Waals surface area contributed by atoms with Gasteiger partial charge in [0.25, 0.3) is 0 Å². The Morgan fingerprint density at radius 1 is 1.10 bits per heavy atom. The van der Waals surface area contributed by atoms with Crippen molar-refractivity contribution in [1.82, 2.24) is 19.6 Å². The molecule has 0 radical (unpaired) electrons. The molecule has 0 bridgehead atoms. The number of hydrogen-bond acceptors (Lipinski definition) is 6. The van der Waals surface area contributed by atoms with Crippen molar-refractivity contribution in [1.29, 1.82) is 0 Å². The minimum Gasteiger partial charge on any atom is -0.353 e. The van der Waals surface area contributed by atoms with Crippen LogP contribution in [0.25, 0.3) is 0 Å². The monoisotopic (exact) mass is 449 g/mol. The van der Waals surface area contributed by atoms with Gasteiger partial charge in [0.2, 0.25) is 15.9 Å². The third kappa shape index (κ3) is 5.37. The highest BCUT2D eigenvalue weighted by molar-refractivity contribution is 7.89. The Labute approximate surface area is 182 Å². The summed E-state index contributed by atoms with van der Waals surface area (Å²) in [6.07, 6.45) is 0. The molecule has 3 rings (SSSR count). The second-order valence-electron chi connectivity index (χ2n) is 8.00. The predicted octanol–water partition coefficient (Wildman–Crippen LogP) is 1.88. The number of amides is 1. The minimum atomic E-state index is -4.18. The topological polar surface area (TPSA) is 95.5 Å². The Morgan fingerprint density at radius 3 is 2.32 bits per heavy atom. The first kappa shape index (κ1) is 23.1. The first-order chi connectivity index (χ1) is 14.6. The van der Waals surface area contributed by atoms with Gasteiger partial charge < -0.3 is 9.80 Å². The average molecular weight is 450 g/mol. The zero-order valence-corrected chi connectivity index (χ0v) is 19.0. The van der Waals surface area contributed by atoms with E-state index in [-0.39, 0.29) is 11.8 Å². The van der Waals surface area contributed by atoms with E-state index in [0.29, 0.717) is 32.0 Å². The number of aryl methyl sites for hydroxylation is 2. The number of benzene rings is 1. The van der Waals surface area contributed by atoms with E-state index >= 15 is 0 Å². The van der Waals surface area contributed by atoms with E-state index in [1.54, 1.807) is 18.7 Å². The van der Waals surface area contributed by atoms with Crippen molar-refractivity contribution in [3.05, 3.63) is 47.7 Å². The fourth-order valence-electron chi connectivity index (χ4n) is 3.58. The molecule has 0 unspecified atom stereocenters. The van der Waals surface area contributed by atoms with Gasteiger partial charge in [0.05, 0.1) is 0 Å². The van der Waals surface area contributed by atoms with Crippen LogP contribution >= 0.6 is 0 Å². The number of piperazine rings is 1. The fraction of sp³-hybridized carbons (Fsp3) is 0.476. The largest absolute Gasteiger partial charge is 0.353 e. The van der Waals surface area contributed by atoms with E-state index in [1.807, 2.05) is 19.9 Å². The van der Waals surface area contributed by atoms with Gasteiger partial charge in [-0.3, -0.25) is 4.79 Å². The maximum atomic E-state index is 14.0. The van der Waals surface area contributed by atoms with Crippen LogP contribution in [0.1, 0.15) is 25.4 Å². The van der Waals surface area contributed by atoms with Gasteiger partial charge in [-0.15, -0.1) is 0 Å². The molecule has 2 heterocycles. The van der Waals surface area contributed by atoms with E-state index in [2.05, 4.69) is 19.6 Å². The number of anilines is 1. The first-order valence-electron chi connectivity index (χ1n) is 10.2. The zero-order chi connectivity index (χ0) is 22.8. The fourth-order valence-corrected chi connectivity index (χ4v) is 4.99. The Hall–Kier alpha value is -2.59. The number of sulfonamides is 1. The van der Waals surface area contributed by atoms with Gasteiger partial charge >= 0.3 is 0 Å². The van der Waals surface area contributed by atoms with E-state index in [0.717, 1.165) is 17.6 Å². The lowest BCUT2D eigenvalue weighted by Gasteiger charge is -2.37. The van der Waals surface area contributed by atoms with Crippen molar-refractivity contribution < 1.29 is 17.6 Å². The van der Waals surface area contributed by atoms with Crippen LogP contribution < -0.4 is 9.62 Å². The number of aromatic nitrogens is 2. The molecule has 2 aromatic rings. The molecule has 1 saturated heterocycles. The molecule has 168 valence electrons. The van der Waals surface area contributed by atoms with Gasteiger partial charge in [-0.1, -0.05) is 26.0 Å². The Balaban J connectivity index is 1.71. The minimum absolute atomic E-state index is 0.306. The molecule has 1 fully saturated rings. The van der Waals surface area contributed by atoms with Gasteiger partial charge in [0.1, 0.15) is 28.4 Å². The number of nitrogens with zero attached hydrogens (tertiary/aromatic N) is 4. The first-order valence-corrected chi connectivity index (χ1v) is 11.7. The molecule has 1 aromatic carbocycles. The van der Waals surface area contributed by atoms with Gasteiger partial charge in [-0.25, -0.2) is 22.8 Å². The summed E-state index contributed by atoms with van der Waals surface area (Å²) in [5.41, 5.74) is 0.878. The quantitative estimate of drug-likeness (QED) is 0.724. The van der Waals surface area contributed by atoms with Crippen LogP contribution in [-0.2, 0) is 14.8 Å². The van der Waals surface area contributed by atoms with Crippen molar-refractivity contribution in [2.24, 2.45) is 5.92 Å². The number of carbonyl (C=O) groups is 1. The third-order valence-corrected chi connectivity index (χ3v) is 6.68. The maximum Gasteiger partial charge on any atom is 0.244 e. The van der Waals surface area contributed by atoms with Crippen LogP contribution in [0, 0.1) is 25.6 Å². The highest BCUT2D eigenvalue weighted by Gasteiger charge is 2.34. The van der Waals surface area contributed by atoms with Crippen LogP contribution in [0.3, 0.4) is 0 Å². The molecule has 0 spiro atoms. The van der Waals surface area contributed by atoms with E-state index in [4.69, 9.17) is 0 Å². The highest BCUT2D eigenvalue weighted by atomic mass is 32.2. The van der Waals surface area contributed by atoms with Crippen molar-refractivity contribution in [3.8, 4) is 0 Å². The lowest BCUT2D eigenvalue weighted by Crippen LogP contribution is -2.56. The molecule has 1 atom stereocenters. The zero-order valence-electron chi connectivity index (χ0n) is 18.2. The molecule has 10 heteroatoms. The third-order valence-electron chi connectivity index (χ3n) is 5.21. The van der Waals surface area contributed by atoms with Crippen molar-refractivity contribution >= 4 is 21.7 Å². The van der Waals surface area contributed by atoms with Gasteiger partial charge in [-0.05, 0) is 31.9 Å². The molecule has 0 aliphatic carbocycles. The molecular formula is C21H28FN5O3S. The van der Waals surface area contributed by atoms with E-state index < -0.39 is 26.8 Å². The highest BCUT2D eigenvalue weighted by Crippen LogP contribution is 2.19. The van der Waals surface area contributed by atoms with Crippen LogP contribution in [0.2, 0.25) is 0 Å². The van der Waals surface area contributed by atoms with Crippen LogP contribution in [0.15, 0.2) is 35.2 Å². The summed E-state index contributed by atoms with van der Waals surface area (Å²) < 4.78 is 41.9. The average Bonchev–Trinajstić information content (AvgIpc) is 2.71. The summed E-state index contributed by atoms with van der Waals surface area (Å²) >= 11 is 0. The molecule has 1 aromatic heterocycles. The number of nitrogens with one attached hydrogen (secondary N) is 1. The second kappa shape index (κ2) is 9.27. The van der Waals surface area contributed by atoms with Crippen molar-refractivity contribution in [3.63, 3.8) is 0 Å². The van der Waals surface area contributed by atoms with E-state index in [1.165, 1.54) is 18.2 Å². The number of rotatable bonds is 6. The van der Waals surface area contributed by atoms with Crippen LogP contribution in [0.5, 0.6) is 0 Å². The summed E-state index contributed by atoms with van der Waals surface area (Å²) in [6, 6.07) is 6.05. The lowest BCUT2D eigenvalue weighted by atomic mass is 10.0. The molecule has 1 aliphatic rings. The maximum absolute atomic E-state index is 14.0. The predicted molar refractivity (Wildman–Crippen MR) is 116 cm³/mol. The number of carbonyl (C=O) groups excluding carboxylic acids is 1. The molecule has 8 nitrogen and oxygen atoms in total. The Morgan fingerprint density at radius 2 is 1.74 bits per heavy atom. The standard InChI is InChI=1S/C21H28FN5O3S/c1-14(2)20(25-31(29,30)18-8-6-5-7-17(18)22)21(28)27-11-9-26(10-12-27)19-13-15(3)23-16(4)24-19/h5-8,13-14,20,25H,9-12H2,1-4H3/t20-/m0/s1. The summed E-state index contributed by atoms with van der Waals surface area (Å²) in [7, 11) is -4.18. The van der Waals surface area contributed by atoms with Gasteiger partial charge in [-0.2, -0.15) is 4.72 Å². The van der Waals surface area contributed by atoms with Gasteiger partial charge in [0.15, 0.2) is 0 Å². The summed E-state index contributed by atoms with van der Waals surface area (Å²) in [4.78, 5) is 25.2. The Kier molecular flexibility index (Phi) is 6.90. The molecule has 1 aliphatic heterocycles. The smallest absolute Gasteiger partial charge is 0.244 e. The molecular weight excluding hydrogens is 421 g/mol. The molecule has 1 amide bonds. The number of hydrogen-bond donors (Lipinski definition) is 1. The molecule has 31 heavy (non-hydrogen) atoms. The Bertz CT molecular complexity index is 1030. The summed E-state index contributed by atoms with van der Waals surface area (Å²) in [5, 5.41) is 0. The normalized spacial score (nSPS) is 15.9. The molecule has 1 N–H and O–H groups in total. The SMILES string of the molecule is Cc1cc(N2CCN(C(=O)[C@@H](NS(=O)(=O)c3ccccc3F)C(C)C)CC2)nc(C)n1. The van der Waals surface area contributed by atoms with Crippen molar-refractivity contribution in [2.45, 2.75) is 38.6 Å². The van der Waals surface area contributed by atoms with Crippen LogP contribution in [-0.4, -0.2) is 61.4 Å². The van der Waals surface area contributed by atoms with E-state index in [9.17, 15) is 17.6 Å². The van der Waals surface area contributed by atoms with Gasteiger partial charge in [0, 0.05) is 37.9 Å². The lowest BCUT2D eigenvalue weighted by molar-refractivity contribution is -0.134. The summed E-state index contributed by atoms with van der Waals surface area (Å²) in [5.74, 6) is 0.0338. The van der Waals surface area contributed by atoms with Crippen molar-refractivity contribution in [2.75, 3.05) is 31.1 Å². The second-order valence-corrected chi connectivity index (χ2v) is 9.68.